The Morgan fingerprint density at radius 1 is 1.53 bits per heavy atom. The Balaban J connectivity index is 2.05. The van der Waals surface area contributed by atoms with Gasteiger partial charge in [0.25, 0.3) is 0 Å². The SMILES string of the molecule is Nc1ncnc2c1c(Cl)cn2[C@H]1CC(O)C(CO)O1. The van der Waals surface area contributed by atoms with E-state index < -0.39 is 18.4 Å². The van der Waals surface area contributed by atoms with Crippen LogP contribution in [0, 0.1) is 0 Å². The van der Waals surface area contributed by atoms with Crippen LogP contribution in [0.1, 0.15) is 12.6 Å². The number of rotatable bonds is 2. The summed E-state index contributed by atoms with van der Waals surface area (Å²) >= 11 is 6.12. The summed E-state index contributed by atoms with van der Waals surface area (Å²) in [6, 6.07) is 0. The molecule has 0 aromatic carbocycles. The summed E-state index contributed by atoms with van der Waals surface area (Å²) in [5.74, 6) is 0.297. The average Bonchev–Trinajstić information content (AvgIpc) is 2.91. The van der Waals surface area contributed by atoms with Gasteiger partial charge in [-0.3, -0.25) is 0 Å². The maximum atomic E-state index is 9.77. The summed E-state index contributed by atoms with van der Waals surface area (Å²) in [6.45, 7) is -0.234. The maximum Gasteiger partial charge on any atom is 0.149 e. The van der Waals surface area contributed by atoms with Crippen molar-refractivity contribution in [2.24, 2.45) is 0 Å². The Bertz CT molecular complexity index is 617. The van der Waals surface area contributed by atoms with E-state index in [1.54, 1.807) is 10.8 Å². The van der Waals surface area contributed by atoms with E-state index in [9.17, 15) is 5.11 Å². The highest BCUT2D eigenvalue weighted by Gasteiger charge is 2.35. The topological polar surface area (TPSA) is 106 Å². The first-order valence-corrected chi connectivity index (χ1v) is 6.20. The second kappa shape index (κ2) is 4.61. The molecule has 1 aliphatic heterocycles. The Labute approximate surface area is 113 Å². The molecule has 3 heterocycles. The van der Waals surface area contributed by atoms with E-state index >= 15 is 0 Å². The van der Waals surface area contributed by atoms with Crippen LogP contribution < -0.4 is 5.73 Å². The van der Waals surface area contributed by atoms with E-state index in [-0.39, 0.29) is 6.61 Å². The molecule has 0 amide bonds. The minimum Gasteiger partial charge on any atom is -0.394 e. The number of fused-ring (bicyclic) bond motifs is 1. The number of hydrogen-bond donors (Lipinski definition) is 3. The van der Waals surface area contributed by atoms with E-state index in [4.69, 9.17) is 27.2 Å². The van der Waals surface area contributed by atoms with Gasteiger partial charge in [0.05, 0.1) is 23.1 Å². The fraction of sp³-hybridized carbons (Fsp3) is 0.455. The lowest BCUT2D eigenvalue weighted by atomic mass is 10.2. The number of halogens is 1. The molecule has 4 N–H and O–H groups in total. The highest BCUT2D eigenvalue weighted by molar-refractivity contribution is 6.36. The summed E-state index contributed by atoms with van der Waals surface area (Å²) in [5, 5.41) is 19.9. The summed E-state index contributed by atoms with van der Waals surface area (Å²) in [7, 11) is 0. The van der Waals surface area contributed by atoms with Crippen LogP contribution >= 0.6 is 11.6 Å². The van der Waals surface area contributed by atoms with Crippen molar-refractivity contribution in [3.63, 3.8) is 0 Å². The summed E-state index contributed by atoms with van der Waals surface area (Å²) in [6.07, 6.45) is 1.60. The zero-order chi connectivity index (χ0) is 13.6. The van der Waals surface area contributed by atoms with Gasteiger partial charge < -0.3 is 25.3 Å². The second-order valence-electron chi connectivity index (χ2n) is 4.46. The fourth-order valence-corrected chi connectivity index (χ4v) is 2.62. The second-order valence-corrected chi connectivity index (χ2v) is 4.86. The van der Waals surface area contributed by atoms with Crippen molar-refractivity contribution in [2.45, 2.75) is 24.9 Å². The molecule has 1 saturated heterocycles. The van der Waals surface area contributed by atoms with E-state index in [2.05, 4.69) is 9.97 Å². The van der Waals surface area contributed by atoms with Crippen molar-refractivity contribution in [3.8, 4) is 0 Å². The Hall–Kier alpha value is -1.41. The summed E-state index contributed by atoms with van der Waals surface area (Å²) < 4.78 is 7.28. The third-order valence-electron chi connectivity index (χ3n) is 3.29. The Kier molecular flexibility index (Phi) is 3.06. The van der Waals surface area contributed by atoms with Crippen molar-refractivity contribution in [2.75, 3.05) is 12.3 Å². The van der Waals surface area contributed by atoms with Crippen LogP contribution in [-0.4, -0.2) is 43.6 Å². The number of hydrogen-bond acceptors (Lipinski definition) is 6. The van der Waals surface area contributed by atoms with Gasteiger partial charge in [-0.05, 0) is 0 Å². The number of aliphatic hydroxyl groups is 2. The van der Waals surface area contributed by atoms with Crippen molar-refractivity contribution < 1.29 is 14.9 Å². The maximum absolute atomic E-state index is 9.77. The van der Waals surface area contributed by atoms with Crippen LogP contribution in [0.2, 0.25) is 5.02 Å². The predicted molar refractivity (Wildman–Crippen MR) is 68.6 cm³/mol. The van der Waals surface area contributed by atoms with Gasteiger partial charge in [0.1, 0.15) is 30.1 Å². The van der Waals surface area contributed by atoms with E-state index in [1.165, 1.54) is 6.33 Å². The molecular weight excluding hydrogens is 272 g/mol. The molecule has 3 atom stereocenters. The van der Waals surface area contributed by atoms with Crippen LogP contribution in [0.3, 0.4) is 0 Å². The number of anilines is 1. The van der Waals surface area contributed by atoms with Crippen LogP contribution in [0.5, 0.6) is 0 Å². The Morgan fingerprint density at radius 3 is 3.00 bits per heavy atom. The summed E-state index contributed by atoms with van der Waals surface area (Å²) in [5.41, 5.74) is 6.32. The molecule has 1 fully saturated rings. The van der Waals surface area contributed by atoms with Gasteiger partial charge in [-0.2, -0.15) is 0 Å². The lowest BCUT2D eigenvalue weighted by Gasteiger charge is -2.14. The Morgan fingerprint density at radius 2 is 2.32 bits per heavy atom. The number of nitrogens with zero attached hydrogens (tertiary/aromatic N) is 3. The number of aromatic nitrogens is 3. The molecule has 3 rings (SSSR count). The quantitative estimate of drug-likeness (QED) is 0.733. The minimum absolute atomic E-state index is 0.234. The van der Waals surface area contributed by atoms with Gasteiger partial charge in [0.15, 0.2) is 0 Å². The largest absolute Gasteiger partial charge is 0.394 e. The summed E-state index contributed by atoms with van der Waals surface area (Å²) in [4.78, 5) is 8.04. The fourth-order valence-electron chi connectivity index (χ4n) is 2.33. The van der Waals surface area contributed by atoms with Crippen molar-refractivity contribution >= 4 is 28.5 Å². The van der Waals surface area contributed by atoms with E-state index in [1.807, 2.05) is 0 Å². The predicted octanol–water partition coefficient (Wildman–Crippen LogP) is 0.308. The standard InChI is InChI=1S/C11H13ClN4O3/c12-5-2-16(8-1-6(18)7(3-17)19-8)11-9(5)10(13)14-4-15-11/h2,4,6-8,17-18H,1,3H2,(H2,13,14,15)/t6?,7?,8-/m1/s1. The number of aliphatic hydroxyl groups excluding tert-OH is 2. The molecule has 2 unspecified atom stereocenters. The zero-order valence-corrected chi connectivity index (χ0v) is 10.7. The average molecular weight is 285 g/mol. The lowest BCUT2D eigenvalue weighted by molar-refractivity contribution is -0.0430. The van der Waals surface area contributed by atoms with Crippen LogP contribution in [0.15, 0.2) is 12.5 Å². The molecule has 0 radical (unpaired) electrons. The van der Waals surface area contributed by atoms with E-state index in [0.29, 0.717) is 28.3 Å². The molecule has 0 aliphatic carbocycles. The van der Waals surface area contributed by atoms with Crippen molar-refractivity contribution in [1.82, 2.24) is 14.5 Å². The van der Waals surface area contributed by atoms with Crippen molar-refractivity contribution in [1.29, 1.82) is 0 Å². The minimum atomic E-state index is -0.717. The zero-order valence-electron chi connectivity index (χ0n) is 9.90. The van der Waals surface area contributed by atoms with Gasteiger partial charge >= 0.3 is 0 Å². The van der Waals surface area contributed by atoms with Gasteiger partial charge in [0, 0.05) is 12.6 Å². The van der Waals surface area contributed by atoms with Crippen molar-refractivity contribution in [3.05, 3.63) is 17.5 Å². The number of nitrogens with two attached hydrogens (primary N) is 1. The molecule has 0 spiro atoms. The molecule has 7 nitrogen and oxygen atoms in total. The monoisotopic (exact) mass is 284 g/mol. The lowest BCUT2D eigenvalue weighted by Crippen LogP contribution is -2.24. The van der Waals surface area contributed by atoms with E-state index in [0.717, 1.165) is 0 Å². The van der Waals surface area contributed by atoms with Gasteiger partial charge in [-0.15, -0.1) is 0 Å². The molecule has 1 aliphatic rings. The first-order valence-electron chi connectivity index (χ1n) is 5.82. The molecule has 0 bridgehead atoms. The highest BCUT2D eigenvalue weighted by Crippen LogP contribution is 2.35. The molecule has 2 aromatic rings. The molecule has 0 saturated carbocycles. The van der Waals surface area contributed by atoms with Gasteiger partial charge in [-0.25, -0.2) is 9.97 Å². The van der Waals surface area contributed by atoms with Crippen LogP contribution in [0.25, 0.3) is 11.0 Å². The van der Waals surface area contributed by atoms with Crippen LogP contribution in [0.4, 0.5) is 5.82 Å². The molecule has 102 valence electrons. The van der Waals surface area contributed by atoms with Crippen LogP contribution in [-0.2, 0) is 4.74 Å². The van der Waals surface area contributed by atoms with Gasteiger partial charge in [0.2, 0.25) is 0 Å². The molecular formula is C11H13ClN4O3. The third-order valence-corrected chi connectivity index (χ3v) is 3.57. The first kappa shape index (κ1) is 12.6. The normalized spacial score (nSPS) is 27.2. The highest BCUT2D eigenvalue weighted by atomic mass is 35.5. The smallest absolute Gasteiger partial charge is 0.149 e. The first-order chi connectivity index (χ1) is 9.11. The molecule has 19 heavy (non-hydrogen) atoms. The third kappa shape index (κ3) is 1.95. The number of nitrogen functional groups attached to an aromatic ring is 1. The number of ether oxygens (including phenoxy) is 1. The van der Waals surface area contributed by atoms with Gasteiger partial charge in [-0.1, -0.05) is 11.6 Å². The molecule has 2 aromatic heterocycles. The molecule has 8 heteroatoms.